The highest BCUT2D eigenvalue weighted by atomic mass is 35.5. The maximum absolute atomic E-state index is 8.97. The summed E-state index contributed by atoms with van der Waals surface area (Å²) in [7, 11) is 0. The third-order valence-corrected chi connectivity index (χ3v) is 3.44. The van der Waals surface area contributed by atoms with E-state index in [4.69, 9.17) is 16.7 Å². The Kier molecular flexibility index (Phi) is 4.35. The number of halogens is 1. The zero-order valence-electron chi connectivity index (χ0n) is 9.59. The maximum Gasteiger partial charge on any atom is 0.0658 e. The van der Waals surface area contributed by atoms with E-state index in [0.717, 1.165) is 17.7 Å². The van der Waals surface area contributed by atoms with E-state index in [0.29, 0.717) is 6.42 Å². The average Bonchev–Trinajstić information content (AvgIpc) is 2.55. The van der Waals surface area contributed by atoms with Crippen molar-refractivity contribution in [1.29, 1.82) is 0 Å². The van der Waals surface area contributed by atoms with Crippen molar-refractivity contribution in [3.63, 3.8) is 0 Å². The van der Waals surface area contributed by atoms with Crippen molar-refractivity contribution in [2.45, 2.75) is 18.2 Å². The lowest BCUT2D eigenvalue weighted by Gasteiger charge is -2.13. The van der Waals surface area contributed by atoms with Crippen LogP contribution in [-0.2, 0) is 0 Å². The molecule has 1 aliphatic rings. The van der Waals surface area contributed by atoms with E-state index in [-0.39, 0.29) is 17.9 Å². The molecule has 2 unspecified atom stereocenters. The summed E-state index contributed by atoms with van der Waals surface area (Å²) in [6.45, 7) is 0.153. The normalized spacial score (nSPS) is 24.2. The van der Waals surface area contributed by atoms with Gasteiger partial charge in [0.2, 0.25) is 0 Å². The highest BCUT2D eigenvalue weighted by Crippen LogP contribution is 2.25. The van der Waals surface area contributed by atoms with Gasteiger partial charge >= 0.3 is 0 Å². The molecular formula is C14H16ClNO. The lowest BCUT2D eigenvalue weighted by Crippen LogP contribution is -2.16. The van der Waals surface area contributed by atoms with Crippen LogP contribution in [-0.4, -0.2) is 23.3 Å². The van der Waals surface area contributed by atoms with Gasteiger partial charge in [-0.25, -0.2) is 0 Å². The molecule has 0 saturated carbocycles. The maximum atomic E-state index is 8.97. The minimum atomic E-state index is 0.0205. The monoisotopic (exact) mass is 249 g/mol. The zero-order chi connectivity index (χ0) is 12.1. The van der Waals surface area contributed by atoms with Gasteiger partial charge in [0.05, 0.1) is 5.70 Å². The number of aliphatic imine (C=N–C) groups is 1. The first-order valence-electron chi connectivity index (χ1n) is 5.86. The average molecular weight is 250 g/mol. The summed E-state index contributed by atoms with van der Waals surface area (Å²) in [5.41, 5.74) is 2.08. The topological polar surface area (TPSA) is 32.6 Å². The summed E-state index contributed by atoms with van der Waals surface area (Å²) in [6.07, 6.45) is 5.41. The molecule has 17 heavy (non-hydrogen) atoms. The quantitative estimate of drug-likeness (QED) is 0.821. The Morgan fingerprint density at radius 3 is 2.76 bits per heavy atom. The van der Waals surface area contributed by atoms with Gasteiger partial charge in [0.25, 0.3) is 0 Å². The van der Waals surface area contributed by atoms with Crippen LogP contribution in [0.2, 0.25) is 0 Å². The van der Waals surface area contributed by atoms with E-state index in [9.17, 15) is 0 Å². The van der Waals surface area contributed by atoms with Gasteiger partial charge in [0, 0.05) is 24.1 Å². The first-order valence-corrected chi connectivity index (χ1v) is 6.29. The van der Waals surface area contributed by atoms with E-state index in [1.807, 2.05) is 36.5 Å². The second-order valence-corrected chi connectivity index (χ2v) is 4.72. The van der Waals surface area contributed by atoms with Gasteiger partial charge < -0.3 is 5.11 Å². The first kappa shape index (κ1) is 12.3. The molecule has 1 aliphatic heterocycles. The SMILES string of the molecule is OCCC1C=NC(c2ccccc2)=CCC1Cl. The van der Waals surface area contributed by atoms with Crippen LogP contribution in [0.3, 0.4) is 0 Å². The fraction of sp³-hybridized carbons (Fsp3) is 0.357. The van der Waals surface area contributed by atoms with Crippen LogP contribution in [0.5, 0.6) is 0 Å². The molecule has 0 bridgehead atoms. The number of nitrogens with zero attached hydrogens (tertiary/aromatic N) is 1. The third-order valence-electron chi connectivity index (χ3n) is 2.94. The molecule has 3 heteroatoms. The summed E-state index contributed by atoms with van der Waals surface area (Å²) in [6, 6.07) is 10.1. The summed E-state index contributed by atoms with van der Waals surface area (Å²) >= 11 is 6.27. The van der Waals surface area contributed by atoms with Gasteiger partial charge in [-0.05, 0) is 18.4 Å². The second kappa shape index (κ2) is 5.99. The Labute approximate surface area is 107 Å². The predicted molar refractivity (Wildman–Crippen MR) is 72.4 cm³/mol. The lowest BCUT2D eigenvalue weighted by atomic mass is 10.0. The zero-order valence-corrected chi connectivity index (χ0v) is 10.3. The Balaban J connectivity index is 2.18. The molecule has 1 N–H and O–H groups in total. The van der Waals surface area contributed by atoms with Crippen molar-refractivity contribution < 1.29 is 5.11 Å². The van der Waals surface area contributed by atoms with E-state index >= 15 is 0 Å². The standard InChI is InChI=1S/C14H16ClNO/c15-13-6-7-14(11-4-2-1-3-5-11)16-10-12(13)8-9-17/h1-5,7,10,12-13,17H,6,8-9H2. The summed E-state index contributed by atoms with van der Waals surface area (Å²) < 4.78 is 0. The van der Waals surface area contributed by atoms with Crippen molar-refractivity contribution in [2.24, 2.45) is 10.9 Å². The third kappa shape index (κ3) is 3.18. The summed E-state index contributed by atoms with van der Waals surface area (Å²) in [5, 5.41) is 8.99. The summed E-state index contributed by atoms with van der Waals surface area (Å²) in [5.74, 6) is 0.152. The van der Waals surface area contributed by atoms with Gasteiger partial charge in [-0.2, -0.15) is 0 Å². The number of benzene rings is 1. The number of hydrogen-bond donors (Lipinski definition) is 1. The molecule has 90 valence electrons. The number of allylic oxidation sites excluding steroid dienone is 1. The minimum absolute atomic E-state index is 0.0205. The van der Waals surface area contributed by atoms with Crippen LogP contribution >= 0.6 is 11.6 Å². The molecule has 1 aromatic carbocycles. The molecule has 0 radical (unpaired) electrons. The number of aliphatic hydroxyl groups is 1. The highest BCUT2D eigenvalue weighted by Gasteiger charge is 2.18. The van der Waals surface area contributed by atoms with Crippen LogP contribution in [0.1, 0.15) is 18.4 Å². The Hall–Kier alpha value is -1.12. The van der Waals surface area contributed by atoms with Gasteiger partial charge in [-0.15, -0.1) is 11.6 Å². The molecule has 1 heterocycles. The molecule has 0 spiro atoms. The molecule has 0 aliphatic carbocycles. The molecule has 2 nitrogen and oxygen atoms in total. The molecule has 0 aromatic heterocycles. The van der Waals surface area contributed by atoms with Crippen LogP contribution in [0.25, 0.3) is 5.70 Å². The van der Waals surface area contributed by atoms with Crippen LogP contribution in [0.4, 0.5) is 0 Å². The molecule has 0 amide bonds. The number of alkyl halides is 1. The van der Waals surface area contributed by atoms with Crippen molar-refractivity contribution >= 4 is 23.5 Å². The Morgan fingerprint density at radius 1 is 1.29 bits per heavy atom. The largest absolute Gasteiger partial charge is 0.396 e. The van der Waals surface area contributed by atoms with Gasteiger partial charge in [-0.3, -0.25) is 4.99 Å². The fourth-order valence-electron chi connectivity index (χ4n) is 1.93. The van der Waals surface area contributed by atoms with E-state index in [2.05, 4.69) is 11.1 Å². The highest BCUT2D eigenvalue weighted by molar-refractivity contribution is 6.22. The van der Waals surface area contributed by atoms with Crippen molar-refractivity contribution in [2.75, 3.05) is 6.61 Å². The smallest absolute Gasteiger partial charge is 0.0658 e. The van der Waals surface area contributed by atoms with Crippen LogP contribution in [0.15, 0.2) is 41.4 Å². The number of hydrogen-bond acceptors (Lipinski definition) is 2. The number of rotatable bonds is 3. The van der Waals surface area contributed by atoms with Gasteiger partial charge in [0.1, 0.15) is 0 Å². The van der Waals surface area contributed by atoms with Crippen LogP contribution in [0, 0.1) is 5.92 Å². The van der Waals surface area contributed by atoms with Gasteiger partial charge in [0.15, 0.2) is 0 Å². The summed E-state index contributed by atoms with van der Waals surface area (Å²) in [4.78, 5) is 4.48. The van der Waals surface area contributed by atoms with E-state index in [1.54, 1.807) is 0 Å². The lowest BCUT2D eigenvalue weighted by molar-refractivity contribution is 0.273. The van der Waals surface area contributed by atoms with Gasteiger partial charge in [-0.1, -0.05) is 36.4 Å². The second-order valence-electron chi connectivity index (χ2n) is 4.16. The fourth-order valence-corrected chi connectivity index (χ4v) is 2.21. The molecule has 2 atom stereocenters. The predicted octanol–water partition coefficient (Wildman–Crippen LogP) is 3.11. The Morgan fingerprint density at radius 2 is 2.06 bits per heavy atom. The van der Waals surface area contributed by atoms with E-state index < -0.39 is 0 Å². The molecule has 0 saturated heterocycles. The molecule has 1 aromatic rings. The first-order chi connectivity index (χ1) is 8.31. The molecule has 0 fully saturated rings. The van der Waals surface area contributed by atoms with Crippen molar-refractivity contribution in [3.8, 4) is 0 Å². The molecule has 2 rings (SSSR count). The molecular weight excluding hydrogens is 234 g/mol. The number of aliphatic hydroxyl groups excluding tert-OH is 1. The van der Waals surface area contributed by atoms with E-state index in [1.165, 1.54) is 0 Å². The van der Waals surface area contributed by atoms with Crippen LogP contribution < -0.4 is 0 Å². The van der Waals surface area contributed by atoms with Crippen molar-refractivity contribution in [3.05, 3.63) is 42.0 Å². The minimum Gasteiger partial charge on any atom is -0.396 e. The Bertz CT molecular complexity index is 413. The van der Waals surface area contributed by atoms with Crippen molar-refractivity contribution in [1.82, 2.24) is 0 Å².